The van der Waals surface area contributed by atoms with Crippen LogP contribution in [0.3, 0.4) is 0 Å². The molecule has 0 radical (unpaired) electrons. The van der Waals surface area contributed by atoms with Crippen LogP contribution in [0.15, 0.2) is 0 Å². The van der Waals surface area contributed by atoms with Crippen LogP contribution in [0.25, 0.3) is 0 Å². The molecule has 3 atom stereocenters. The highest BCUT2D eigenvalue weighted by molar-refractivity contribution is 7.99. The van der Waals surface area contributed by atoms with Crippen LogP contribution >= 0.6 is 11.8 Å². The van der Waals surface area contributed by atoms with Crippen LogP contribution < -0.4 is 5.32 Å². The van der Waals surface area contributed by atoms with E-state index in [-0.39, 0.29) is 28.8 Å². The molecule has 152 valence electrons. The molecule has 0 aliphatic heterocycles. The zero-order chi connectivity index (χ0) is 19.9. The summed E-state index contributed by atoms with van der Waals surface area (Å²) >= 11 is 1.60. The predicted molar refractivity (Wildman–Crippen MR) is 109 cm³/mol. The predicted octanol–water partition coefficient (Wildman–Crippen LogP) is 3.93. The Balaban J connectivity index is 4.41. The van der Waals surface area contributed by atoms with Crippen molar-refractivity contribution in [2.24, 2.45) is 0 Å². The maximum atomic E-state index is 12.0. The van der Waals surface area contributed by atoms with Gasteiger partial charge in [0.2, 0.25) is 0 Å². The van der Waals surface area contributed by atoms with E-state index in [0.717, 1.165) is 25.7 Å². The van der Waals surface area contributed by atoms with Crippen molar-refractivity contribution in [1.29, 1.82) is 0 Å². The molecule has 0 aromatic heterocycles. The smallest absolute Gasteiger partial charge is 0.323 e. The van der Waals surface area contributed by atoms with Crippen LogP contribution in [0.1, 0.15) is 79.1 Å². The summed E-state index contributed by atoms with van der Waals surface area (Å²) in [5.74, 6) is 0.708. The van der Waals surface area contributed by atoms with Gasteiger partial charge in [-0.05, 0) is 19.8 Å². The van der Waals surface area contributed by atoms with Crippen LogP contribution in [0.4, 0.5) is 0 Å². The molecule has 6 heteroatoms. The van der Waals surface area contributed by atoms with E-state index in [1.807, 2.05) is 13.8 Å². The van der Waals surface area contributed by atoms with Gasteiger partial charge >= 0.3 is 5.97 Å². The van der Waals surface area contributed by atoms with E-state index < -0.39 is 6.04 Å². The number of methoxy groups -OCH3 is 1. The molecular formula is C20H37NO4S. The first-order chi connectivity index (χ1) is 12.3. The second-order valence-corrected chi connectivity index (χ2v) is 8.45. The van der Waals surface area contributed by atoms with E-state index in [4.69, 9.17) is 4.74 Å². The highest BCUT2D eigenvalue weighted by Gasteiger charge is 2.23. The van der Waals surface area contributed by atoms with Gasteiger partial charge in [-0.3, -0.25) is 14.4 Å². The van der Waals surface area contributed by atoms with Crippen LogP contribution in [-0.2, 0) is 19.1 Å². The van der Waals surface area contributed by atoms with Crippen molar-refractivity contribution in [2.45, 2.75) is 96.4 Å². The first-order valence-electron chi connectivity index (χ1n) is 9.82. The number of thioether (sulfide) groups is 1. The molecule has 3 unspecified atom stereocenters. The van der Waals surface area contributed by atoms with Gasteiger partial charge in [0.25, 0.3) is 0 Å². The van der Waals surface area contributed by atoms with Gasteiger partial charge in [0.15, 0.2) is 0 Å². The lowest BCUT2D eigenvalue weighted by Gasteiger charge is -2.22. The maximum Gasteiger partial charge on any atom is 0.323 e. The molecule has 0 bridgehead atoms. The second-order valence-electron chi connectivity index (χ2n) is 6.98. The van der Waals surface area contributed by atoms with Crippen molar-refractivity contribution in [2.75, 3.05) is 12.9 Å². The Hall–Kier alpha value is -0.880. The van der Waals surface area contributed by atoms with Crippen molar-refractivity contribution in [3.63, 3.8) is 0 Å². The van der Waals surface area contributed by atoms with Crippen LogP contribution in [-0.4, -0.2) is 47.7 Å². The maximum absolute atomic E-state index is 12.0. The van der Waals surface area contributed by atoms with E-state index >= 15 is 0 Å². The van der Waals surface area contributed by atoms with E-state index in [0.29, 0.717) is 31.4 Å². The minimum absolute atomic E-state index is 0.0782. The number of esters is 1. The lowest BCUT2D eigenvalue weighted by molar-refractivity contribution is -0.142. The number of nitrogens with one attached hydrogen (secondary N) is 1. The fourth-order valence-electron chi connectivity index (χ4n) is 2.66. The molecule has 0 aliphatic rings. The average Bonchev–Trinajstić information content (AvgIpc) is 2.60. The van der Waals surface area contributed by atoms with E-state index in [2.05, 4.69) is 19.2 Å². The summed E-state index contributed by atoms with van der Waals surface area (Å²) in [5, 5.41) is 3.38. The highest BCUT2D eigenvalue weighted by Crippen LogP contribution is 2.18. The summed E-state index contributed by atoms with van der Waals surface area (Å²) in [6.07, 6.45) is 6.05. The Bertz CT molecular complexity index is 428. The summed E-state index contributed by atoms with van der Waals surface area (Å²) in [6.45, 7) is 8.07. The third-order valence-electron chi connectivity index (χ3n) is 4.19. The Labute approximate surface area is 163 Å². The largest absolute Gasteiger partial charge is 0.468 e. The Morgan fingerprint density at radius 1 is 0.962 bits per heavy atom. The number of hydrogen-bond donors (Lipinski definition) is 1. The first kappa shape index (κ1) is 25.1. The number of ether oxygens (including phenoxy) is 1. The van der Waals surface area contributed by atoms with Crippen LogP contribution in [0, 0.1) is 0 Å². The highest BCUT2D eigenvalue weighted by atomic mass is 32.2. The van der Waals surface area contributed by atoms with Crippen molar-refractivity contribution < 1.29 is 19.1 Å². The third-order valence-corrected chi connectivity index (χ3v) is 5.45. The van der Waals surface area contributed by atoms with Gasteiger partial charge in [-0.1, -0.05) is 33.6 Å². The molecule has 0 aromatic rings. The fraction of sp³-hybridized carbons (Fsp3) is 0.850. The molecule has 26 heavy (non-hydrogen) atoms. The zero-order valence-electron chi connectivity index (χ0n) is 17.1. The quantitative estimate of drug-likeness (QED) is 0.405. The van der Waals surface area contributed by atoms with Crippen molar-refractivity contribution in [3.05, 3.63) is 0 Å². The molecule has 0 heterocycles. The van der Waals surface area contributed by atoms with E-state index in [1.165, 1.54) is 7.11 Å². The normalized spacial score (nSPS) is 14.5. The SMILES string of the molecule is CCCCC(=O)CC(C)NC(CSC(C)CC(=O)CCCC)C(=O)OC. The molecule has 0 saturated carbocycles. The minimum Gasteiger partial charge on any atom is -0.468 e. The number of ketones is 2. The van der Waals surface area contributed by atoms with Crippen molar-refractivity contribution in [1.82, 2.24) is 5.32 Å². The molecule has 0 aliphatic carbocycles. The Kier molecular flexibility index (Phi) is 14.7. The number of carbonyl (C=O) groups excluding carboxylic acids is 3. The summed E-state index contributed by atoms with van der Waals surface area (Å²) in [7, 11) is 1.37. The van der Waals surface area contributed by atoms with E-state index in [9.17, 15) is 14.4 Å². The first-order valence-corrected chi connectivity index (χ1v) is 10.9. The summed E-state index contributed by atoms with van der Waals surface area (Å²) in [4.78, 5) is 35.8. The van der Waals surface area contributed by atoms with Crippen molar-refractivity contribution in [3.8, 4) is 0 Å². The van der Waals surface area contributed by atoms with Gasteiger partial charge in [-0.2, -0.15) is 11.8 Å². The summed E-state index contributed by atoms with van der Waals surface area (Å²) in [5.41, 5.74) is 0. The van der Waals surface area contributed by atoms with E-state index in [1.54, 1.807) is 11.8 Å². The molecular weight excluding hydrogens is 350 g/mol. The average molecular weight is 388 g/mol. The third kappa shape index (κ3) is 12.5. The molecule has 0 amide bonds. The Morgan fingerprint density at radius 3 is 2.00 bits per heavy atom. The summed E-state index contributed by atoms with van der Waals surface area (Å²) < 4.78 is 4.88. The minimum atomic E-state index is -0.466. The standard InChI is InChI=1S/C20H37NO4S/c1-6-8-10-17(22)12-15(3)21-19(20(24)25-5)14-26-16(4)13-18(23)11-9-7-2/h15-16,19,21H,6-14H2,1-5H3. The van der Waals surface area contributed by atoms with Gasteiger partial charge in [-0.25, -0.2) is 0 Å². The van der Waals surface area contributed by atoms with Gasteiger partial charge in [0, 0.05) is 42.7 Å². The lowest BCUT2D eigenvalue weighted by Crippen LogP contribution is -2.45. The number of rotatable bonds is 16. The van der Waals surface area contributed by atoms with Gasteiger partial charge in [-0.15, -0.1) is 0 Å². The van der Waals surface area contributed by atoms with Gasteiger partial charge in [0.1, 0.15) is 17.6 Å². The van der Waals surface area contributed by atoms with Crippen LogP contribution in [0.2, 0.25) is 0 Å². The molecule has 0 aromatic carbocycles. The summed E-state index contributed by atoms with van der Waals surface area (Å²) in [6, 6.07) is -0.544. The molecule has 0 saturated heterocycles. The van der Waals surface area contributed by atoms with Gasteiger partial charge in [0.05, 0.1) is 7.11 Å². The molecule has 0 rings (SSSR count). The number of unbranched alkanes of at least 4 members (excludes halogenated alkanes) is 2. The monoisotopic (exact) mass is 387 g/mol. The second kappa shape index (κ2) is 15.2. The number of hydrogen-bond acceptors (Lipinski definition) is 6. The van der Waals surface area contributed by atoms with Crippen molar-refractivity contribution >= 4 is 29.3 Å². The topological polar surface area (TPSA) is 72.5 Å². The number of carbonyl (C=O) groups is 3. The lowest BCUT2D eigenvalue weighted by atomic mass is 10.1. The van der Waals surface area contributed by atoms with Crippen LogP contribution in [0.5, 0.6) is 0 Å². The number of Topliss-reactive ketones (excluding diaryl/α,β-unsaturated/α-hetero) is 2. The Morgan fingerprint density at radius 2 is 1.50 bits per heavy atom. The molecule has 5 nitrogen and oxygen atoms in total. The molecule has 0 fully saturated rings. The zero-order valence-corrected chi connectivity index (χ0v) is 18.0. The van der Waals surface area contributed by atoms with Gasteiger partial charge < -0.3 is 10.1 Å². The molecule has 0 spiro atoms. The molecule has 1 N–H and O–H groups in total. The fourth-order valence-corrected chi connectivity index (χ4v) is 3.72.